The Morgan fingerprint density at radius 2 is 1.80 bits per heavy atom. The zero-order chi connectivity index (χ0) is 17.8. The standard InChI is InChI=1S/C20H27N3O2/c1-3-4-5-6-7-8-13-23-19(15-9-11-16(24)12-10-15)17-14(2)21-22-18(17)20(23)25/h9-12,19,24H,3-8,13H2,1-2H3,(H,21,22)/t19-/m0/s1. The summed E-state index contributed by atoms with van der Waals surface area (Å²) in [7, 11) is 0. The molecule has 0 radical (unpaired) electrons. The number of nitrogens with one attached hydrogen (secondary N) is 1. The number of phenolic OH excluding ortho intramolecular Hbond substituents is 1. The quantitative estimate of drug-likeness (QED) is 0.702. The average Bonchev–Trinajstić information content (AvgIpc) is 3.11. The Kier molecular flexibility index (Phi) is 5.41. The molecule has 1 aliphatic rings. The van der Waals surface area contributed by atoms with Crippen LogP contribution in [0.1, 0.15) is 78.8 Å². The second-order valence-electron chi connectivity index (χ2n) is 6.87. The molecule has 1 aliphatic heterocycles. The maximum atomic E-state index is 12.8. The first-order chi connectivity index (χ1) is 12.1. The van der Waals surface area contributed by atoms with Crippen molar-refractivity contribution in [2.24, 2.45) is 0 Å². The Balaban J connectivity index is 1.76. The second kappa shape index (κ2) is 7.72. The van der Waals surface area contributed by atoms with Gasteiger partial charge in [0, 0.05) is 17.8 Å². The van der Waals surface area contributed by atoms with Gasteiger partial charge in [-0.05, 0) is 31.0 Å². The number of fused-ring (bicyclic) bond motifs is 1. The van der Waals surface area contributed by atoms with E-state index in [0.717, 1.165) is 36.2 Å². The van der Waals surface area contributed by atoms with Crippen LogP contribution in [0, 0.1) is 6.92 Å². The van der Waals surface area contributed by atoms with Gasteiger partial charge in [0.1, 0.15) is 5.75 Å². The number of nitrogens with zero attached hydrogens (tertiary/aromatic N) is 2. The number of benzene rings is 1. The minimum Gasteiger partial charge on any atom is -0.508 e. The Hall–Kier alpha value is -2.30. The first kappa shape index (κ1) is 17.5. The molecule has 134 valence electrons. The Labute approximate surface area is 149 Å². The largest absolute Gasteiger partial charge is 0.508 e. The maximum Gasteiger partial charge on any atom is 0.275 e. The number of hydrogen-bond donors (Lipinski definition) is 2. The fourth-order valence-corrected chi connectivity index (χ4v) is 3.64. The first-order valence-electron chi connectivity index (χ1n) is 9.28. The second-order valence-corrected chi connectivity index (χ2v) is 6.87. The maximum absolute atomic E-state index is 12.8. The van der Waals surface area contributed by atoms with Crippen LogP contribution in [0.2, 0.25) is 0 Å². The minimum absolute atomic E-state index is 0.00554. The zero-order valence-electron chi connectivity index (χ0n) is 15.1. The highest BCUT2D eigenvalue weighted by molar-refractivity contribution is 5.98. The van der Waals surface area contributed by atoms with Crippen molar-refractivity contribution in [2.45, 2.75) is 58.4 Å². The third-order valence-corrected chi connectivity index (χ3v) is 5.00. The van der Waals surface area contributed by atoms with Crippen LogP contribution < -0.4 is 0 Å². The van der Waals surface area contributed by atoms with Crippen molar-refractivity contribution >= 4 is 5.91 Å². The normalized spacial score (nSPS) is 16.5. The number of H-pyrrole nitrogens is 1. The van der Waals surface area contributed by atoms with Crippen molar-refractivity contribution in [3.63, 3.8) is 0 Å². The Morgan fingerprint density at radius 1 is 1.12 bits per heavy atom. The summed E-state index contributed by atoms with van der Waals surface area (Å²) in [5.41, 5.74) is 3.47. The van der Waals surface area contributed by atoms with Crippen LogP contribution >= 0.6 is 0 Å². The fraction of sp³-hybridized carbons (Fsp3) is 0.500. The average molecular weight is 341 g/mol. The molecule has 0 saturated heterocycles. The molecule has 0 aliphatic carbocycles. The molecule has 0 fully saturated rings. The molecule has 0 saturated carbocycles. The third-order valence-electron chi connectivity index (χ3n) is 5.00. The smallest absolute Gasteiger partial charge is 0.275 e. The van der Waals surface area contributed by atoms with Gasteiger partial charge in [-0.2, -0.15) is 5.10 Å². The first-order valence-corrected chi connectivity index (χ1v) is 9.28. The van der Waals surface area contributed by atoms with Gasteiger partial charge in [-0.1, -0.05) is 51.2 Å². The van der Waals surface area contributed by atoms with Gasteiger partial charge in [0.25, 0.3) is 5.91 Å². The molecule has 2 heterocycles. The predicted molar refractivity (Wildman–Crippen MR) is 97.7 cm³/mol. The molecule has 5 nitrogen and oxygen atoms in total. The summed E-state index contributed by atoms with van der Waals surface area (Å²) in [6.07, 6.45) is 7.18. The molecule has 1 aromatic carbocycles. The van der Waals surface area contributed by atoms with Crippen LogP contribution in [0.3, 0.4) is 0 Å². The van der Waals surface area contributed by atoms with E-state index < -0.39 is 0 Å². The number of amides is 1. The Bertz CT molecular complexity index is 721. The van der Waals surface area contributed by atoms with E-state index in [1.807, 2.05) is 24.0 Å². The van der Waals surface area contributed by atoms with Gasteiger partial charge >= 0.3 is 0 Å². The van der Waals surface area contributed by atoms with Crippen LogP contribution in [0.25, 0.3) is 0 Å². The van der Waals surface area contributed by atoms with Crippen molar-refractivity contribution in [2.75, 3.05) is 6.54 Å². The fourth-order valence-electron chi connectivity index (χ4n) is 3.64. The van der Waals surface area contributed by atoms with E-state index in [9.17, 15) is 9.90 Å². The highest BCUT2D eigenvalue weighted by Crippen LogP contribution is 2.39. The van der Waals surface area contributed by atoms with Gasteiger partial charge in [0.2, 0.25) is 0 Å². The molecule has 2 aromatic rings. The molecule has 5 heteroatoms. The highest BCUT2D eigenvalue weighted by atomic mass is 16.3. The molecule has 0 bridgehead atoms. The van der Waals surface area contributed by atoms with Crippen LogP contribution in [-0.2, 0) is 0 Å². The predicted octanol–water partition coefficient (Wildman–Crippen LogP) is 4.33. The number of carbonyl (C=O) groups excluding carboxylic acids is 1. The summed E-state index contributed by atoms with van der Waals surface area (Å²) in [5.74, 6) is 0.241. The van der Waals surface area contributed by atoms with Gasteiger partial charge < -0.3 is 10.0 Å². The van der Waals surface area contributed by atoms with Crippen molar-refractivity contribution < 1.29 is 9.90 Å². The van der Waals surface area contributed by atoms with Gasteiger partial charge in [-0.15, -0.1) is 0 Å². The molecular weight excluding hydrogens is 314 g/mol. The number of rotatable bonds is 8. The van der Waals surface area contributed by atoms with Crippen LogP contribution in [0.4, 0.5) is 0 Å². The lowest BCUT2D eigenvalue weighted by Crippen LogP contribution is -2.30. The van der Waals surface area contributed by atoms with Crippen LogP contribution in [0.5, 0.6) is 5.75 Å². The number of aromatic nitrogens is 2. The topological polar surface area (TPSA) is 69.2 Å². The van der Waals surface area contributed by atoms with E-state index >= 15 is 0 Å². The van der Waals surface area contributed by atoms with E-state index in [4.69, 9.17) is 0 Å². The highest BCUT2D eigenvalue weighted by Gasteiger charge is 2.40. The summed E-state index contributed by atoms with van der Waals surface area (Å²) in [5, 5.41) is 16.7. The summed E-state index contributed by atoms with van der Waals surface area (Å²) < 4.78 is 0. The van der Waals surface area contributed by atoms with Crippen LogP contribution in [-0.4, -0.2) is 32.7 Å². The third kappa shape index (κ3) is 3.55. The van der Waals surface area contributed by atoms with E-state index in [1.165, 1.54) is 25.7 Å². The van der Waals surface area contributed by atoms with E-state index in [0.29, 0.717) is 5.69 Å². The number of unbranched alkanes of at least 4 members (excludes halogenated alkanes) is 5. The van der Waals surface area contributed by atoms with Crippen molar-refractivity contribution in [3.05, 3.63) is 46.8 Å². The monoisotopic (exact) mass is 341 g/mol. The number of hydrogen-bond acceptors (Lipinski definition) is 3. The molecule has 25 heavy (non-hydrogen) atoms. The molecule has 3 rings (SSSR count). The lowest BCUT2D eigenvalue weighted by Gasteiger charge is -2.26. The number of carbonyl (C=O) groups is 1. The van der Waals surface area contributed by atoms with E-state index in [1.54, 1.807) is 12.1 Å². The van der Waals surface area contributed by atoms with Crippen molar-refractivity contribution in [3.8, 4) is 5.75 Å². The molecule has 0 spiro atoms. The summed E-state index contributed by atoms with van der Waals surface area (Å²) in [6, 6.07) is 7.02. The van der Waals surface area contributed by atoms with Crippen LogP contribution in [0.15, 0.2) is 24.3 Å². The number of phenols is 1. The number of aromatic amines is 1. The van der Waals surface area contributed by atoms with Crippen molar-refractivity contribution in [1.29, 1.82) is 0 Å². The molecule has 2 N–H and O–H groups in total. The zero-order valence-corrected chi connectivity index (χ0v) is 15.1. The van der Waals surface area contributed by atoms with E-state index in [2.05, 4.69) is 17.1 Å². The molecule has 0 unspecified atom stereocenters. The lowest BCUT2D eigenvalue weighted by molar-refractivity contribution is 0.0740. The molecule has 1 aromatic heterocycles. The van der Waals surface area contributed by atoms with Gasteiger partial charge in [0.05, 0.1) is 6.04 Å². The number of aryl methyl sites for hydroxylation is 1. The lowest BCUT2D eigenvalue weighted by atomic mass is 9.99. The molecular formula is C20H27N3O2. The summed E-state index contributed by atoms with van der Waals surface area (Å²) >= 11 is 0. The SMILES string of the molecule is CCCCCCCCN1C(=O)c2n[nH]c(C)c2[C@@H]1c1ccc(O)cc1. The van der Waals surface area contributed by atoms with Gasteiger partial charge in [-0.3, -0.25) is 9.89 Å². The molecule has 1 amide bonds. The number of aromatic hydroxyl groups is 1. The van der Waals surface area contributed by atoms with Gasteiger partial charge in [0.15, 0.2) is 5.69 Å². The Morgan fingerprint density at radius 3 is 2.52 bits per heavy atom. The summed E-state index contributed by atoms with van der Waals surface area (Å²) in [6.45, 7) is 4.92. The van der Waals surface area contributed by atoms with Crippen molar-refractivity contribution in [1.82, 2.24) is 15.1 Å². The minimum atomic E-state index is -0.113. The van der Waals surface area contributed by atoms with E-state index in [-0.39, 0.29) is 17.7 Å². The molecule has 1 atom stereocenters. The van der Waals surface area contributed by atoms with Gasteiger partial charge in [-0.25, -0.2) is 0 Å². The summed E-state index contributed by atoms with van der Waals surface area (Å²) in [4.78, 5) is 14.8.